The van der Waals surface area contributed by atoms with Gasteiger partial charge in [-0.2, -0.15) is 5.10 Å². The Hall–Kier alpha value is -1.46. The first-order valence-electron chi connectivity index (χ1n) is 6.92. The minimum atomic E-state index is 0.308. The minimum Gasteiger partial charge on any atom is -0.396 e. The molecule has 2 heterocycles. The van der Waals surface area contributed by atoms with Crippen molar-refractivity contribution in [2.24, 2.45) is 0 Å². The van der Waals surface area contributed by atoms with E-state index in [-0.39, 0.29) is 0 Å². The fourth-order valence-electron chi connectivity index (χ4n) is 2.07. The minimum absolute atomic E-state index is 0.308. The van der Waals surface area contributed by atoms with Crippen molar-refractivity contribution in [2.45, 2.75) is 39.2 Å². The highest BCUT2D eigenvalue weighted by Crippen LogP contribution is 2.04. The average molecular weight is 262 g/mol. The lowest BCUT2D eigenvalue weighted by Crippen LogP contribution is -2.15. The van der Waals surface area contributed by atoms with Crippen LogP contribution in [0, 0.1) is 6.92 Å². The van der Waals surface area contributed by atoms with Gasteiger partial charge in [-0.1, -0.05) is 12.8 Å². The molecule has 0 aliphatic carbocycles. The van der Waals surface area contributed by atoms with Crippen LogP contribution in [0.4, 0.5) is 0 Å². The number of aromatic nitrogens is 3. The van der Waals surface area contributed by atoms with Crippen molar-refractivity contribution >= 4 is 5.65 Å². The fraction of sp³-hybridized carbons (Fsp3) is 0.571. The fourth-order valence-corrected chi connectivity index (χ4v) is 2.07. The highest BCUT2D eigenvalue weighted by molar-refractivity contribution is 5.38. The van der Waals surface area contributed by atoms with E-state index in [1.807, 2.05) is 29.9 Å². The summed E-state index contributed by atoms with van der Waals surface area (Å²) in [7, 11) is 0. The van der Waals surface area contributed by atoms with Crippen molar-refractivity contribution in [3.05, 3.63) is 29.7 Å². The number of nitrogens with zero attached hydrogens (tertiary/aromatic N) is 3. The Morgan fingerprint density at radius 3 is 2.95 bits per heavy atom. The van der Waals surface area contributed by atoms with E-state index in [9.17, 15) is 0 Å². The summed E-state index contributed by atoms with van der Waals surface area (Å²) in [5, 5.41) is 16.4. The molecule has 0 fully saturated rings. The van der Waals surface area contributed by atoms with E-state index in [0.29, 0.717) is 6.61 Å². The van der Waals surface area contributed by atoms with Crippen LogP contribution < -0.4 is 5.32 Å². The lowest BCUT2D eigenvalue weighted by atomic mass is 10.2. The van der Waals surface area contributed by atoms with Crippen LogP contribution in [0.2, 0.25) is 0 Å². The smallest absolute Gasteiger partial charge is 0.155 e. The topological polar surface area (TPSA) is 62.5 Å². The molecule has 0 saturated carbocycles. The molecule has 5 nitrogen and oxygen atoms in total. The first-order chi connectivity index (χ1) is 9.29. The number of nitrogens with one attached hydrogen (secondary N) is 1. The zero-order valence-electron chi connectivity index (χ0n) is 11.5. The summed E-state index contributed by atoms with van der Waals surface area (Å²) in [5.74, 6) is 0. The third-order valence-electron chi connectivity index (χ3n) is 3.08. The molecule has 2 rings (SSSR count). The first kappa shape index (κ1) is 14.0. The number of unbranched alkanes of at least 4 members (excludes halogenated alkanes) is 3. The number of hydrogen-bond acceptors (Lipinski definition) is 4. The van der Waals surface area contributed by atoms with Gasteiger partial charge in [0.1, 0.15) is 0 Å². The number of aryl methyl sites for hydroxylation is 1. The van der Waals surface area contributed by atoms with Crippen molar-refractivity contribution in [1.82, 2.24) is 19.9 Å². The second kappa shape index (κ2) is 7.21. The summed E-state index contributed by atoms with van der Waals surface area (Å²) in [6.45, 7) is 4.10. The van der Waals surface area contributed by atoms with E-state index < -0.39 is 0 Å². The maximum absolute atomic E-state index is 8.68. The summed E-state index contributed by atoms with van der Waals surface area (Å²) in [6, 6.07) is 1.97. The highest BCUT2D eigenvalue weighted by atomic mass is 16.2. The van der Waals surface area contributed by atoms with Gasteiger partial charge in [0.25, 0.3) is 0 Å². The predicted molar refractivity (Wildman–Crippen MR) is 75.0 cm³/mol. The monoisotopic (exact) mass is 262 g/mol. The maximum atomic E-state index is 8.68. The van der Waals surface area contributed by atoms with Crippen LogP contribution in [-0.2, 0) is 6.54 Å². The van der Waals surface area contributed by atoms with Crippen LogP contribution in [0.3, 0.4) is 0 Å². The first-order valence-corrected chi connectivity index (χ1v) is 6.92. The lowest BCUT2D eigenvalue weighted by molar-refractivity contribution is 0.282. The van der Waals surface area contributed by atoms with Crippen LogP contribution in [0.25, 0.3) is 5.65 Å². The Bertz CT molecular complexity index is 509. The number of rotatable bonds is 8. The van der Waals surface area contributed by atoms with Gasteiger partial charge in [0, 0.05) is 37.2 Å². The molecule has 0 unspecified atom stereocenters. The number of hydrogen-bond donors (Lipinski definition) is 2. The predicted octanol–water partition coefficient (Wildman–Crippen LogP) is 1.68. The van der Waals surface area contributed by atoms with Gasteiger partial charge in [0.15, 0.2) is 5.65 Å². The average Bonchev–Trinajstić information content (AvgIpc) is 2.77. The molecule has 0 atom stereocenters. The Morgan fingerprint density at radius 1 is 1.26 bits per heavy atom. The van der Waals surface area contributed by atoms with Gasteiger partial charge in [0.2, 0.25) is 0 Å². The largest absolute Gasteiger partial charge is 0.396 e. The van der Waals surface area contributed by atoms with Crippen LogP contribution in [0.15, 0.2) is 18.5 Å². The Balaban J connectivity index is 1.72. The summed E-state index contributed by atoms with van der Waals surface area (Å²) in [4.78, 5) is 4.37. The van der Waals surface area contributed by atoms with Crippen LogP contribution >= 0.6 is 0 Å². The number of aliphatic hydroxyl groups excluding tert-OH is 1. The van der Waals surface area contributed by atoms with Gasteiger partial charge in [-0.05, 0) is 26.3 Å². The van der Waals surface area contributed by atoms with Gasteiger partial charge in [0.05, 0.1) is 5.69 Å². The normalized spacial score (nSPS) is 11.3. The van der Waals surface area contributed by atoms with Crippen LogP contribution in [0.1, 0.15) is 36.9 Å². The van der Waals surface area contributed by atoms with Gasteiger partial charge in [-0.15, -0.1) is 0 Å². The van der Waals surface area contributed by atoms with Crippen molar-refractivity contribution in [1.29, 1.82) is 0 Å². The van der Waals surface area contributed by atoms with Gasteiger partial charge in [-0.3, -0.25) is 0 Å². The Morgan fingerprint density at radius 2 is 2.11 bits per heavy atom. The van der Waals surface area contributed by atoms with E-state index in [1.54, 1.807) is 0 Å². The summed E-state index contributed by atoms with van der Waals surface area (Å²) >= 11 is 0. The van der Waals surface area contributed by atoms with E-state index in [4.69, 9.17) is 5.11 Å². The summed E-state index contributed by atoms with van der Waals surface area (Å²) in [6.07, 6.45) is 8.26. The van der Waals surface area contributed by atoms with Crippen molar-refractivity contribution in [3.63, 3.8) is 0 Å². The van der Waals surface area contributed by atoms with E-state index in [2.05, 4.69) is 15.4 Å². The standard InChI is InChI=1S/C14H22N4O/c1-12-8-14-16-10-13(11-18(14)17-12)9-15-6-4-2-3-5-7-19/h8,10-11,15,19H,2-7,9H2,1H3. The quantitative estimate of drug-likeness (QED) is 0.711. The second-order valence-electron chi connectivity index (χ2n) is 4.87. The highest BCUT2D eigenvalue weighted by Gasteiger charge is 2.00. The van der Waals surface area contributed by atoms with Crippen LogP contribution in [0.5, 0.6) is 0 Å². The Labute approximate surface area is 113 Å². The molecule has 0 bridgehead atoms. The van der Waals surface area contributed by atoms with Crippen molar-refractivity contribution < 1.29 is 5.11 Å². The molecule has 0 amide bonds. The van der Waals surface area contributed by atoms with E-state index in [1.165, 1.54) is 6.42 Å². The van der Waals surface area contributed by atoms with Crippen LogP contribution in [-0.4, -0.2) is 32.9 Å². The van der Waals surface area contributed by atoms with E-state index in [0.717, 1.165) is 49.3 Å². The summed E-state index contributed by atoms with van der Waals surface area (Å²) < 4.78 is 1.83. The molecule has 0 aliphatic heterocycles. The Kier molecular flexibility index (Phi) is 5.30. The molecule has 0 aliphatic rings. The molecule has 0 radical (unpaired) electrons. The lowest BCUT2D eigenvalue weighted by Gasteiger charge is -2.05. The molecule has 104 valence electrons. The molecule has 0 saturated heterocycles. The molecular weight excluding hydrogens is 240 g/mol. The number of fused-ring (bicyclic) bond motifs is 1. The maximum Gasteiger partial charge on any atom is 0.155 e. The zero-order chi connectivity index (χ0) is 13.5. The third-order valence-corrected chi connectivity index (χ3v) is 3.08. The summed E-state index contributed by atoms with van der Waals surface area (Å²) in [5.41, 5.74) is 3.03. The molecule has 0 spiro atoms. The molecule has 2 N–H and O–H groups in total. The van der Waals surface area contributed by atoms with Gasteiger partial charge in [-0.25, -0.2) is 9.50 Å². The number of aliphatic hydroxyl groups is 1. The molecule has 0 aromatic carbocycles. The zero-order valence-corrected chi connectivity index (χ0v) is 11.5. The molecule has 2 aromatic heterocycles. The van der Waals surface area contributed by atoms with Crippen molar-refractivity contribution in [2.75, 3.05) is 13.2 Å². The molecule has 2 aromatic rings. The van der Waals surface area contributed by atoms with Gasteiger partial charge < -0.3 is 10.4 Å². The van der Waals surface area contributed by atoms with E-state index >= 15 is 0 Å². The van der Waals surface area contributed by atoms with Crippen molar-refractivity contribution in [3.8, 4) is 0 Å². The second-order valence-corrected chi connectivity index (χ2v) is 4.87. The van der Waals surface area contributed by atoms with Gasteiger partial charge >= 0.3 is 0 Å². The molecular formula is C14H22N4O. The molecule has 19 heavy (non-hydrogen) atoms. The third kappa shape index (κ3) is 4.29. The SMILES string of the molecule is Cc1cc2ncc(CNCCCCCCO)cn2n1. The molecule has 5 heteroatoms.